The van der Waals surface area contributed by atoms with Gasteiger partial charge in [0.2, 0.25) is 0 Å². The molecular formula is C10H11NO2S. The molecule has 0 aliphatic rings. The van der Waals surface area contributed by atoms with Crippen molar-refractivity contribution in [3.63, 3.8) is 0 Å². The van der Waals surface area contributed by atoms with Gasteiger partial charge in [-0.25, -0.2) is 0 Å². The minimum Gasteiger partial charge on any atom is -0.490 e. The maximum absolute atomic E-state index is 8.92. The first-order valence-electron chi connectivity index (χ1n) is 4.14. The standard InChI is InChI=1S/C10H11NO2S/c1-14-10-4-2-3-9(8(10)7-11)13-6-5-12/h2-4,12H,5-6H2,1H3. The average Bonchev–Trinajstić information content (AvgIpc) is 2.25. The molecule has 0 bridgehead atoms. The van der Waals surface area contributed by atoms with Crippen molar-refractivity contribution in [2.45, 2.75) is 4.90 Å². The second kappa shape index (κ2) is 5.53. The predicted octanol–water partition coefficient (Wildman–Crippen LogP) is 1.65. The third-order valence-corrected chi connectivity index (χ3v) is 2.45. The summed E-state index contributed by atoms with van der Waals surface area (Å²) >= 11 is 1.50. The third kappa shape index (κ3) is 2.41. The van der Waals surface area contributed by atoms with Crippen LogP contribution in [0.2, 0.25) is 0 Å². The molecular weight excluding hydrogens is 198 g/mol. The average molecular weight is 209 g/mol. The largest absolute Gasteiger partial charge is 0.490 e. The molecule has 1 rings (SSSR count). The minimum atomic E-state index is -0.0473. The van der Waals surface area contributed by atoms with E-state index in [2.05, 4.69) is 6.07 Å². The van der Waals surface area contributed by atoms with Crippen molar-refractivity contribution in [3.05, 3.63) is 23.8 Å². The van der Waals surface area contributed by atoms with E-state index in [9.17, 15) is 0 Å². The number of benzene rings is 1. The maximum atomic E-state index is 8.92. The highest BCUT2D eigenvalue weighted by molar-refractivity contribution is 7.98. The fourth-order valence-electron chi connectivity index (χ4n) is 1.07. The first kappa shape index (κ1) is 10.9. The van der Waals surface area contributed by atoms with Crippen molar-refractivity contribution >= 4 is 11.8 Å². The zero-order valence-electron chi connectivity index (χ0n) is 7.86. The highest BCUT2D eigenvalue weighted by atomic mass is 32.2. The third-order valence-electron chi connectivity index (χ3n) is 1.67. The number of rotatable bonds is 4. The van der Waals surface area contributed by atoms with Crippen LogP contribution in [0.3, 0.4) is 0 Å². The lowest BCUT2D eigenvalue weighted by molar-refractivity contribution is 0.201. The molecule has 14 heavy (non-hydrogen) atoms. The van der Waals surface area contributed by atoms with Gasteiger partial charge in [0.05, 0.1) is 6.61 Å². The van der Waals surface area contributed by atoms with Crippen LogP contribution < -0.4 is 4.74 Å². The monoisotopic (exact) mass is 209 g/mol. The van der Waals surface area contributed by atoms with Crippen LogP contribution in [0.4, 0.5) is 0 Å². The molecule has 3 nitrogen and oxygen atoms in total. The van der Waals surface area contributed by atoms with Gasteiger partial charge in [0.1, 0.15) is 24.0 Å². The van der Waals surface area contributed by atoms with Gasteiger partial charge in [-0.1, -0.05) is 6.07 Å². The summed E-state index contributed by atoms with van der Waals surface area (Å²) in [6.45, 7) is 0.168. The number of hydrogen-bond donors (Lipinski definition) is 1. The lowest BCUT2D eigenvalue weighted by atomic mass is 10.2. The number of nitrogens with zero attached hydrogens (tertiary/aromatic N) is 1. The highest BCUT2D eigenvalue weighted by Crippen LogP contribution is 2.27. The number of aliphatic hydroxyl groups excluding tert-OH is 1. The Balaban J connectivity index is 2.98. The highest BCUT2D eigenvalue weighted by Gasteiger charge is 2.07. The predicted molar refractivity (Wildman–Crippen MR) is 55.5 cm³/mol. The molecule has 1 aromatic carbocycles. The summed E-state index contributed by atoms with van der Waals surface area (Å²) in [5.74, 6) is 0.536. The Morgan fingerprint density at radius 3 is 2.93 bits per heavy atom. The van der Waals surface area contributed by atoms with Gasteiger partial charge in [-0.15, -0.1) is 11.8 Å². The zero-order valence-corrected chi connectivity index (χ0v) is 8.67. The fraction of sp³-hybridized carbons (Fsp3) is 0.300. The topological polar surface area (TPSA) is 53.2 Å². The van der Waals surface area contributed by atoms with Gasteiger partial charge in [0.25, 0.3) is 0 Å². The van der Waals surface area contributed by atoms with Gasteiger partial charge in [-0.3, -0.25) is 0 Å². The Morgan fingerprint density at radius 1 is 1.57 bits per heavy atom. The Kier molecular flexibility index (Phi) is 4.30. The van der Waals surface area contributed by atoms with Crippen LogP contribution in [0.15, 0.2) is 23.1 Å². The molecule has 1 N–H and O–H groups in total. The Morgan fingerprint density at radius 2 is 2.36 bits per heavy atom. The minimum absolute atomic E-state index is 0.0473. The second-order valence-corrected chi connectivity index (χ2v) is 3.37. The van der Waals surface area contributed by atoms with Crippen LogP contribution in [0, 0.1) is 11.3 Å². The molecule has 0 fully saturated rings. The Hall–Kier alpha value is -1.18. The molecule has 74 valence electrons. The molecule has 0 radical (unpaired) electrons. The van der Waals surface area contributed by atoms with Crippen LogP contribution in [-0.2, 0) is 0 Å². The Labute approximate surface area is 87.3 Å². The van der Waals surface area contributed by atoms with E-state index in [4.69, 9.17) is 15.1 Å². The maximum Gasteiger partial charge on any atom is 0.138 e. The van der Waals surface area contributed by atoms with E-state index in [1.165, 1.54) is 11.8 Å². The number of hydrogen-bond acceptors (Lipinski definition) is 4. The van der Waals surface area contributed by atoms with E-state index in [1.807, 2.05) is 18.4 Å². The van der Waals surface area contributed by atoms with E-state index >= 15 is 0 Å². The van der Waals surface area contributed by atoms with Crippen LogP contribution in [-0.4, -0.2) is 24.6 Å². The van der Waals surface area contributed by atoms with Crippen LogP contribution in [0.5, 0.6) is 5.75 Å². The molecule has 0 heterocycles. The molecule has 0 saturated carbocycles. The normalized spacial score (nSPS) is 9.50. The Bertz CT molecular complexity index is 346. The van der Waals surface area contributed by atoms with Gasteiger partial charge >= 0.3 is 0 Å². The molecule has 1 aromatic rings. The quantitative estimate of drug-likeness (QED) is 0.766. The number of aliphatic hydroxyl groups is 1. The van der Waals surface area contributed by atoms with E-state index < -0.39 is 0 Å². The zero-order chi connectivity index (χ0) is 10.4. The lowest BCUT2D eigenvalue weighted by Gasteiger charge is -2.08. The molecule has 0 saturated heterocycles. The van der Waals surface area contributed by atoms with Gasteiger partial charge in [0, 0.05) is 4.90 Å². The van der Waals surface area contributed by atoms with Crippen molar-refractivity contribution in [3.8, 4) is 11.8 Å². The molecule has 0 aromatic heterocycles. The van der Waals surface area contributed by atoms with E-state index in [1.54, 1.807) is 6.07 Å². The SMILES string of the molecule is CSc1cccc(OCCO)c1C#N. The van der Waals surface area contributed by atoms with Crippen molar-refractivity contribution in [1.29, 1.82) is 5.26 Å². The number of thioether (sulfide) groups is 1. The summed E-state index contributed by atoms with van der Waals surface area (Å²) in [5, 5.41) is 17.5. The number of ether oxygens (including phenoxy) is 1. The molecule has 0 aliphatic heterocycles. The molecule has 4 heteroatoms. The summed E-state index contributed by atoms with van der Waals surface area (Å²) in [6.07, 6.45) is 1.91. The van der Waals surface area contributed by atoms with Crippen molar-refractivity contribution in [2.24, 2.45) is 0 Å². The molecule has 0 unspecified atom stereocenters. The van der Waals surface area contributed by atoms with Crippen LogP contribution in [0.1, 0.15) is 5.56 Å². The summed E-state index contributed by atoms with van der Waals surface area (Å²) in [4.78, 5) is 0.892. The lowest BCUT2D eigenvalue weighted by Crippen LogP contribution is -2.03. The molecule has 0 spiro atoms. The summed E-state index contributed by atoms with van der Waals surface area (Å²) in [6, 6.07) is 7.53. The van der Waals surface area contributed by atoms with Crippen molar-refractivity contribution in [2.75, 3.05) is 19.5 Å². The van der Waals surface area contributed by atoms with E-state index in [-0.39, 0.29) is 13.2 Å². The van der Waals surface area contributed by atoms with Crippen molar-refractivity contribution in [1.82, 2.24) is 0 Å². The smallest absolute Gasteiger partial charge is 0.138 e. The molecule has 0 amide bonds. The molecule has 0 aliphatic carbocycles. The van der Waals surface area contributed by atoms with E-state index in [0.29, 0.717) is 11.3 Å². The first-order valence-corrected chi connectivity index (χ1v) is 5.36. The van der Waals surface area contributed by atoms with Gasteiger partial charge in [0.15, 0.2) is 0 Å². The van der Waals surface area contributed by atoms with Crippen LogP contribution in [0.25, 0.3) is 0 Å². The molecule has 0 atom stereocenters. The van der Waals surface area contributed by atoms with E-state index in [0.717, 1.165) is 4.90 Å². The fourth-order valence-corrected chi connectivity index (χ4v) is 1.63. The van der Waals surface area contributed by atoms with Crippen molar-refractivity contribution < 1.29 is 9.84 Å². The van der Waals surface area contributed by atoms with Gasteiger partial charge < -0.3 is 9.84 Å². The second-order valence-electron chi connectivity index (χ2n) is 2.52. The van der Waals surface area contributed by atoms with Gasteiger partial charge in [-0.2, -0.15) is 5.26 Å². The van der Waals surface area contributed by atoms with Crippen LogP contribution >= 0.6 is 11.8 Å². The number of nitriles is 1. The summed E-state index contributed by atoms with van der Waals surface area (Å²) < 4.78 is 5.23. The van der Waals surface area contributed by atoms with Gasteiger partial charge in [-0.05, 0) is 18.4 Å². The summed E-state index contributed by atoms with van der Waals surface area (Å²) in [5.41, 5.74) is 0.536. The summed E-state index contributed by atoms with van der Waals surface area (Å²) in [7, 11) is 0. The first-order chi connectivity index (χ1) is 6.83.